The van der Waals surface area contributed by atoms with Crippen LogP contribution in [0.2, 0.25) is 0 Å². The van der Waals surface area contributed by atoms with Gasteiger partial charge in [0, 0.05) is 18.4 Å². The summed E-state index contributed by atoms with van der Waals surface area (Å²) in [4.78, 5) is 26.2. The summed E-state index contributed by atoms with van der Waals surface area (Å²) in [5.41, 5.74) is 0. The number of rotatable bonds is 22. The normalized spacial score (nSPS) is 17.0. The van der Waals surface area contributed by atoms with Gasteiger partial charge in [-0.25, -0.2) is 4.79 Å². The third-order valence-corrected chi connectivity index (χ3v) is 6.92. The zero-order chi connectivity index (χ0) is 27.0. The van der Waals surface area contributed by atoms with E-state index < -0.39 is 6.16 Å². The molecule has 0 aromatic carbocycles. The van der Waals surface area contributed by atoms with Gasteiger partial charge in [0.2, 0.25) is 0 Å². The first-order chi connectivity index (χ1) is 18.1. The van der Waals surface area contributed by atoms with E-state index in [0.717, 1.165) is 51.6 Å². The molecule has 6 heteroatoms. The summed E-state index contributed by atoms with van der Waals surface area (Å²) in [5.74, 6) is -0.219. The predicted octanol–water partition coefficient (Wildman–Crippen LogP) is 8.01. The second-order valence-electron chi connectivity index (χ2n) is 10.4. The highest BCUT2D eigenvalue weighted by atomic mass is 16.7. The number of esters is 1. The van der Waals surface area contributed by atoms with Gasteiger partial charge in [-0.1, -0.05) is 77.2 Å². The van der Waals surface area contributed by atoms with Crippen molar-refractivity contribution in [3.63, 3.8) is 0 Å². The standard InChI is InChI=1S/C31H55NO5/c1-4-6-7-8-9-10-11-12-13-14-15-16-17-18-19-22-30(33)36-26-28(3)27-37-31(34)35-25-23-29-21-20-24-32(29)5-2/h9-10,12-13,28-29H,4-8,11,14-27H2,1-3H3/b10-9-,13-12-. The molecule has 6 nitrogen and oxygen atoms in total. The van der Waals surface area contributed by atoms with Gasteiger partial charge in [0.25, 0.3) is 0 Å². The summed E-state index contributed by atoms with van der Waals surface area (Å²) in [7, 11) is 0. The quantitative estimate of drug-likeness (QED) is 0.0817. The number of unbranched alkanes of at least 4 members (excludes halogenated alkanes) is 8. The first-order valence-corrected chi connectivity index (χ1v) is 15.1. The molecular formula is C31H55NO5. The van der Waals surface area contributed by atoms with Gasteiger partial charge in [-0.2, -0.15) is 0 Å². The lowest BCUT2D eigenvalue weighted by atomic mass is 10.1. The van der Waals surface area contributed by atoms with Gasteiger partial charge >= 0.3 is 12.1 Å². The lowest BCUT2D eigenvalue weighted by Crippen LogP contribution is -2.30. The molecule has 1 fully saturated rings. The van der Waals surface area contributed by atoms with Crippen molar-refractivity contribution in [3.05, 3.63) is 24.3 Å². The van der Waals surface area contributed by atoms with Gasteiger partial charge in [-0.3, -0.25) is 4.79 Å². The van der Waals surface area contributed by atoms with E-state index in [2.05, 4.69) is 43.1 Å². The molecule has 0 spiro atoms. The lowest BCUT2D eigenvalue weighted by molar-refractivity contribution is -0.145. The van der Waals surface area contributed by atoms with Crippen LogP contribution in [0.5, 0.6) is 0 Å². The fourth-order valence-electron chi connectivity index (χ4n) is 4.60. The van der Waals surface area contributed by atoms with E-state index >= 15 is 0 Å². The Bertz CT molecular complexity index is 633. The van der Waals surface area contributed by atoms with Crippen LogP contribution < -0.4 is 0 Å². The molecule has 1 rings (SSSR count). The molecule has 2 atom stereocenters. The summed E-state index contributed by atoms with van der Waals surface area (Å²) in [6.07, 6.45) is 25.0. The highest BCUT2D eigenvalue weighted by Crippen LogP contribution is 2.19. The third-order valence-electron chi connectivity index (χ3n) is 6.92. The number of hydrogen-bond acceptors (Lipinski definition) is 6. The van der Waals surface area contributed by atoms with E-state index in [9.17, 15) is 9.59 Å². The van der Waals surface area contributed by atoms with Gasteiger partial charge in [-0.05, 0) is 70.9 Å². The minimum atomic E-state index is -0.635. The predicted molar refractivity (Wildman–Crippen MR) is 152 cm³/mol. The summed E-state index contributed by atoms with van der Waals surface area (Å²) in [6.45, 7) is 9.33. The Kier molecular flexibility index (Phi) is 20.9. The van der Waals surface area contributed by atoms with Crippen molar-refractivity contribution in [2.75, 3.05) is 32.9 Å². The molecule has 0 radical (unpaired) electrons. The van der Waals surface area contributed by atoms with Gasteiger partial charge in [0.1, 0.15) is 6.61 Å². The van der Waals surface area contributed by atoms with Crippen LogP contribution in [0.4, 0.5) is 4.79 Å². The van der Waals surface area contributed by atoms with Crippen molar-refractivity contribution in [1.82, 2.24) is 4.90 Å². The fraction of sp³-hybridized carbons (Fsp3) is 0.806. The van der Waals surface area contributed by atoms with Crippen LogP contribution in [0.3, 0.4) is 0 Å². The van der Waals surface area contributed by atoms with Crippen molar-refractivity contribution < 1.29 is 23.8 Å². The number of nitrogens with zero attached hydrogens (tertiary/aromatic N) is 1. The smallest absolute Gasteiger partial charge is 0.465 e. The number of hydrogen-bond donors (Lipinski definition) is 0. The van der Waals surface area contributed by atoms with Gasteiger partial charge in [-0.15, -0.1) is 0 Å². The third kappa shape index (κ3) is 19.0. The molecule has 0 amide bonds. The fourth-order valence-corrected chi connectivity index (χ4v) is 4.60. The summed E-state index contributed by atoms with van der Waals surface area (Å²) < 4.78 is 15.7. The van der Waals surface area contributed by atoms with Crippen molar-refractivity contribution in [1.29, 1.82) is 0 Å². The number of ether oxygens (including phenoxy) is 3. The van der Waals surface area contributed by atoms with E-state index in [-0.39, 0.29) is 25.1 Å². The number of carbonyl (C=O) groups excluding carboxylic acids is 2. The topological polar surface area (TPSA) is 65.1 Å². The Morgan fingerprint density at radius 2 is 1.54 bits per heavy atom. The van der Waals surface area contributed by atoms with Crippen LogP contribution in [-0.4, -0.2) is 56.0 Å². The van der Waals surface area contributed by atoms with Crippen LogP contribution in [0, 0.1) is 5.92 Å². The zero-order valence-corrected chi connectivity index (χ0v) is 24.1. The highest BCUT2D eigenvalue weighted by molar-refractivity contribution is 5.69. The molecule has 1 aliphatic rings. The molecule has 214 valence electrons. The molecular weight excluding hydrogens is 466 g/mol. The molecule has 1 saturated heterocycles. The van der Waals surface area contributed by atoms with Crippen molar-refractivity contribution in [2.45, 2.75) is 123 Å². The Labute approximate surface area is 227 Å². The summed E-state index contributed by atoms with van der Waals surface area (Å²) in [6, 6.07) is 0.510. The van der Waals surface area contributed by atoms with E-state index in [1.54, 1.807) is 0 Å². The average molecular weight is 522 g/mol. The van der Waals surface area contributed by atoms with Crippen molar-refractivity contribution in [3.8, 4) is 0 Å². The first kappa shape index (κ1) is 33.2. The molecule has 37 heavy (non-hydrogen) atoms. The number of carbonyl (C=O) groups is 2. The summed E-state index contributed by atoms with van der Waals surface area (Å²) in [5, 5.41) is 0. The maximum absolute atomic E-state index is 12.0. The van der Waals surface area contributed by atoms with Crippen molar-refractivity contribution >= 4 is 12.1 Å². The molecule has 1 aliphatic heterocycles. The molecule has 0 bridgehead atoms. The van der Waals surface area contributed by atoms with Gasteiger partial charge in [0.05, 0.1) is 13.2 Å². The van der Waals surface area contributed by atoms with Crippen LogP contribution in [0.25, 0.3) is 0 Å². The largest absolute Gasteiger partial charge is 0.508 e. The van der Waals surface area contributed by atoms with E-state index in [0.29, 0.717) is 19.1 Å². The zero-order valence-electron chi connectivity index (χ0n) is 24.1. The van der Waals surface area contributed by atoms with E-state index in [1.165, 1.54) is 51.4 Å². The molecule has 0 aliphatic carbocycles. The highest BCUT2D eigenvalue weighted by Gasteiger charge is 2.23. The van der Waals surface area contributed by atoms with Crippen LogP contribution in [-0.2, 0) is 19.0 Å². The Hall–Kier alpha value is -1.82. The van der Waals surface area contributed by atoms with Crippen LogP contribution in [0.1, 0.15) is 117 Å². The second kappa shape index (κ2) is 23.3. The monoisotopic (exact) mass is 521 g/mol. The number of likely N-dealkylation sites (tertiary alicyclic amines) is 1. The molecule has 0 saturated carbocycles. The Morgan fingerprint density at radius 3 is 2.27 bits per heavy atom. The maximum Gasteiger partial charge on any atom is 0.508 e. The molecule has 0 aromatic heterocycles. The molecule has 2 unspecified atom stereocenters. The van der Waals surface area contributed by atoms with E-state index in [4.69, 9.17) is 14.2 Å². The molecule has 0 N–H and O–H groups in total. The Morgan fingerprint density at radius 1 is 0.865 bits per heavy atom. The molecule has 0 aromatic rings. The first-order valence-electron chi connectivity index (χ1n) is 15.1. The maximum atomic E-state index is 12.0. The van der Waals surface area contributed by atoms with Crippen LogP contribution >= 0.6 is 0 Å². The molecule has 1 heterocycles. The minimum absolute atomic E-state index is 0.0495. The van der Waals surface area contributed by atoms with Crippen LogP contribution in [0.15, 0.2) is 24.3 Å². The second-order valence-corrected chi connectivity index (χ2v) is 10.4. The Balaban J connectivity index is 1.90. The minimum Gasteiger partial charge on any atom is -0.465 e. The van der Waals surface area contributed by atoms with Gasteiger partial charge in [0.15, 0.2) is 0 Å². The van der Waals surface area contributed by atoms with Crippen molar-refractivity contribution in [2.24, 2.45) is 5.92 Å². The lowest BCUT2D eigenvalue weighted by Gasteiger charge is -2.22. The SMILES string of the molecule is CCCCC/C=C\C/C=C\CCCCCCCC(=O)OCC(C)COC(=O)OCCC1CCCN1CC. The van der Waals surface area contributed by atoms with Gasteiger partial charge < -0.3 is 19.1 Å². The van der Waals surface area contributed by atoms with E-state index in [1.807, 2.05) is 6.92 Å². The number of allylic oxidation sites excluding steroid dienone is 4. The summed E-state index contributed by atoms with van der Waals surface area (Å²) >= 11 is 0. The average Bonchev–Trinajstić information content (AvgIpc) is 3.36.